The number of thioether (sulfide) groups is 1. The smallest absolute Gasteiger partial charge is 0.262 e. The van der Waals surface area contributed by atoms with Gasteiger partial charge in [0, 0.05) is 6.04 Å². The fraction of sp³-hybridized carbons (Fsp3) is 0.348. The zero-order valence-electron chi connectivity index (χ0n) is 16.7. The number of nitrogens with zero attached hydrogens (tertiary/aromatic N) is 2. The van der Waals surface area contributed by atoms with Crippen molar-refractivity contribution in [2.75, 3.05) is 5.75 Å². The maximum atomic E-state index is 13.3. The second-order valence-corrected chi connectivity index (χ2v) is 8.60. The highest BCUT2D eigenvalue weighted by molar-refractivity contribution is 7.99. The summed E-state index contributed by atoms with van der Waals surface area (Å²) in [4.78, 5) is 30.4. The van der Waals surface area contributed by atoms with E-state index in [0.717, 1.165) is 5.56 Å². The molecule has 0 bridgehead atoms. The van der Waals surface area contributed by atoms with Gasteiger partial charge in [-0.3, -0.25) is 14.2 Å². The van der Waals surface area contributed by atoms with Crippen LogP contribution in [0.15, 0.2) is 64.5 Å². The molecule has 4 rings (SSSR count). The van der Waals surface area contributed by atoms with Crippen molar-refractivity contribution in [3.63, 3.8) is 0 Å². The summed E-state index contributed by atoms with van der Waals surface area (Å²) in [5.41, 5.74) is 1.60. The number of fused-ring (bicyclic) bond motifs is 1. The summed E-state index contributed by atoms with van der Waals surface area (Å²) < 4.78 is 1.71. The first-order valence-electron chi connectivity index (χ1n) is 10.0. The van der Waals surface area contributed by atoms with Crippen LogP contribution in [0.2, 0.25) is 0 Å². The Morgan fingerprint density at radius 3 is 2.55 bits per heavy atom. The molecule has 0 radical (unpaired) electrons. The van der Waals surface area contributed by atoms with Gasteiger partial charge < -0.3 is 5.32 Å². The predicted molar refractivity (Wildman–Crippen MR) is 117 cm³/mol. The summed E-state index contributed by atoms with van der Waals surface area (Å²) in [5.74, 6) is 0.832. The van der Waals surface area contributed by atoms with Crippen molar-refractivity contribution in [2.45, 2.75) is 43.9 Å². The van der Waals surface area contributed by atoms with Crippen molar-refractivity contribution >= 4 is 28.6 Å². The van der Waals surface area contributed by atoms with Gasteiger partial charge >= 0.3 is 0 Å². The third-order valence-corrected chi connectivity index (χ3v) is 6.45. The first-order chi connectivity index (χ1) is 14.0. The lowest BCUT2D eigenvalue weighted by Crippen LogP contribution is -2.35. The highest BCUT2D eigenvalue weighted by atomic mass is 32.2. The zero-order chi connectivity index (χ0) is 20.4. The molecular weight excluding hydrogens is 382 g/mol. The van der Waals surface area contributed by atoms with Gasteiger partial charge in [0.15, 0.2) is 5.16 Å². The number of rotatable bonds is 7. The maximum absolute atomic E-state index is 13.3. The molecule has 1 saturated carbocycles. The molecule has 1 heterocycles. The first-order valence-corrected chi connectivity index (χ1v) is 11.0. The predicted octanol–water partition coefficient (Wildman–Crippen LogP) is 4.01. The monoisotopic (exact) mass is 407 g/mol. The number of hydrogen-bond donors (Lipinski definition) is 1. The molecule has 1 fully saturated rings. The van der Waals surface area contributed by atoms with E-state index >= 15 is 0 Å². The Bertz CT molecular complexity index is 1080. The number of benzene rings is 2. The van der Waals surface area contributed by atoms with Crippen molar-refractivity contribution in [1.29, 1.82) is 0 Å². The third kappa shape index (κ3) is 4.37. The Hall–Kier alpha value is -2.60. The minimum atomic E-state index is -0.184. The van der Waals surface area contributed by atoms with Crippen LogP contribution in [0.5, 0.6) is 0 Å². The lowest BCUT2D eigenvalue weighted by molar-refractivity contribution is -0.119. The highest BCUT2D eigenvalue weighted by Crippen LogP contribution is 2.32. The largest absolute Gasteiger partial charge is 0.353 e. The standard InChI is InChI=1S/C23H25N3O2S/c1-15(17-12-13-17)24-21(27)14-29-23-25-20-11-7-6-10-19(20)22(28)26(23)16(2)18-8-4-3-5-9-18/h3-11,15-17H,12-14H2,1-2H3,(H,24,27)/t15-,16-/m1/s1. The van der Waals surface area contributed by atoms with Gasteiger partial charge in [-0.05, 0) is 50.3 Å². The Morgan fingerprint density at radius 2 is 1.83 bits per heavy atom. The quantitative estimate of drug-likeness (QED) is 0.475. The number of para-hydroxylation sites is 1. The van der Waals surface area contributed by atoms with Crippen molar-refractivity contribution in [1.82, 2.24) is 14.9 Å². The van der Waals surface area contributed by atoms with E-state index in [4.69, 9.17) is 4.98 Å². The van der Waals surface area contributed by atoms with Crippen LogP contribution >= 0.6 is 11.8 Å². The molecule has 5 nitrogen and oxygen atoms in total. The Balaban J connectivity index is 1.65. The lowest BCUT2D eigenvalue weighted by Gasteiger charge is -2.20. The van der Waals surface area contributed by atoms with Crippen LogP contribution in [0.4, 0.5) is 0 Å². The summed E-state index contributed by atoms with van der Waals surface area (Å²) in [6, 6.07) is 17.3. The van der Waals surface area contributed by atoms with Gasteiger partial charge in [0.25, 0.3) is 5.56 Å². The molecule has 1 aliphatic carbocycles. The van der Waals surface area contributed by atoms with Gasteiger partial charge in [0.2, 0.25) is 5.91 Å². The molecule has 0 spiro atoms. The summed E-state index contributed by atoms with van der Waals surface area (Å²) >= 11 is 1.32. The molecule has 150 valence electrons. The molecule has 1 aliphatic rings. The minimum absolute atomic E-state index is 0.0179. The molecule has 0 unspecified atom stereocenters. The second-order valence-electron chi connectivity index (χ2n) is 7.66. The Labute approximate surface area is 174 Å². The van der Waals surface area contributed by atoms with Crippen LogP contribution in [-0.2, 0) is 4.79 Å². The van der Waals surface area contributed by atoms with E-state index in [9.17, 15) is 9.59 Å². The van der Waals surface area contributed by atoms with E-state index in [2.05, 4.69) is 12.2 Å². The average Bonchev–Trinajstić information content (AvgIpc) is 3.58. The SMILES string of the molecule is C[C@H](c1ccccc1)n1c(SCC(=O)N[C@H](C)C2CC2)nc2ccccc2c1=O. The molecular formula is C23H25N3O2S. The van der Waals surface area contributed by atoms with Gasteiger partial charge in [-0.1, -0.05) is 54.2 Å². The molecule has 1 N–H and O–H groups in total. The number of amides is 1. The fourth-order valence-electron chi connectivity index (χ4n) is 3.59. The summed E-state index contributed by atoms with van der Waals surface area (Å²) in [6.45, 7) is 4.05. The van der Waals surface area contributed by atoms with Crippen LogP contribution in [0.3, 0.4) is 0 Å². The molecule has 29 heavy (non-hydrogen) atoms. The fourth-order valence-corrected chi connectivity index (χ4v) is 4.48. The summed E-state index contributed by atoms with van der Waals surface area (Å²) in [7, 11) is 0. The molecule has 0 saturated heterocycles. The number of nitrogens with one attached hydrogen (secondary N) is 1. The lowest BCUT2D eigenvalue weighted by atomic mass is 10.1. The Morgan fingerprint density at radius 1 is 1.14 bits per heavy atom. The van der Waals surface area contributed by atoms with Crippen molar-refractivity contribution < 1.29 is 4.79 Å². The maximum Gasteiger partial charge on any atom is 0.262 e. The van der Waals surface area contributed by atoms with Crippen molar-refractivity contribution in [2.24, 2.45) is 5.92 Å². The molecule has 1 amide bonds. The van der Waals surface area contributed by atoms with Gasteiger partial charge in [-0.2, -0.15) is 0 Å². The molecule has 2 atom stereocenters. The van der Waals surface area contributed by atoms with E-state index in [1.54, 1.807) is 10.6 Å². The molecule has 1 aromatic heterocycles. The van der Waals surface area contributed by atoms with E-state index in [1.165, 1.54) is 24.6 Å². The number of carbonyl (C=O) groups is 1. The van der Waals surface area contributed by atoms with Gasteiger partial charge in [0.1, 0.15) is 0 Å². The number of aromatic nitrogens is 2. The van der Waals surface area contributed by atoms with Crippen LogP contribution in [0.1, 0.15) is 38.3 Å². The number of carbonyl (C=O) groups excluding carboxylic acids is 1. The van der Waals surface area contributed by atoms with Crippen molar-refractivity contribution in [3.05, 3.63) is 70.5 Å². The minimum Gasteiger partial charge on any atom is -0.353 e. The van der Waals surface area contributed by atoms with Gasteiger partial charge in [0.05, 0.1) is 22.7 Å². The van der Waals surface area contributed by atoms with Crippen LogP contribution in [0.25, 0.3) is 10.9 Å². The van der Waals surface area contributed by atoms with Crippen LogP contribution < -0.4 is 10.9 Å². The Kier molecular flexibility index (Phi) is 5.72. The van der Waals surface area contributed by atoms with Crippen molar-refractivity contribution in [3.8, 4) is 0 Å². The normalized spacial score (nSPS) is 15.8. The first kappa shape index (κ1) is 19.7. The van der Waals surface area contributed by atoms with Gasteiger partial charge in [-0.25, -0.2) is 4.98 Å². The summed E-state index contributed by atoms with van der Waals surface area (Å²) in [6.07, 6.45) is 2.38. The topological polar surface area (TPSA) is 64.0 Å². The zero-order valence-corrected chi connectivity index (χ0v) is 17.5. The third-order valence-electron chi connectivity index (χ3n) is 5.49. The van der Waals surface area contributed by atoms with E-state index < -0.39 is 0 Å². The highest BCUT2D eigenvalue weighted by Gasteiger charge is 2.29. The summed E-state index contributed by atoms with van der Waals surface area (Å²) in [5, 5.41) is 4.23. The number of hydrogen-bond acceptors (Lipinski definition) is 4. The average molecular weight is 408 g/mol. The van der Waals surface area contributed by atoms with Crippen LogP contribution in [-0.4, -0.2) is 27.3 Å². The van der Waals surface area contributed by atoms with E-state index in [1.807, 2.05) is 55.5 Å². The van der Waals surface area contributed by atoms with E-state index in [-0.39, 0.29) is 29.3 Å². The molecule has 0 aliphatic heterocycles. The molecule has 6 heteroatoms. The second kappa shape index (κ2) is 8.41. The molecule has 3 aromatic rings. The van der Waals surface area contributed by atoms with E-state index in [0.29, 0.717) is 22.0 Å². The molecule has 2 aromatic carbocycles. The van der Waals surface area contributed by atoms with Gasteiger partial charge in [-0.15, -0.1) is 0 Å². The van der Waals surface area contributed by atoms with Crippen LogP contribution in [0, 0.1) is 5.92 Å².